The van der Waals surface area contributed by atoms with Crippen molar-refractivity contribution in [2.45, 2.75) is 160 Å². The fourth-order valence-electron chi connectivity index (χ4n) is 7.85. The molecule has 52 heavy (non-hydrogen) atoms. The third kappa shape index (κ3) is 15.6. The molecule has 4 saturated carbocycles. The molecule has 12 nitrogen and oxygen atoms in total. The first-order valence-corrected chi connectivity index (χ1v) is 20.5. The zero-order valence-electron chi connectivity index (χ0n) is 31.6. The van der Waals surface area contributed by atoms with Gasteiger partial charge in [0.25, 0.3) is 0 Å². The third-order valence-electron chi connectivity index (χ3n) is 11.0. The molecule has 0 aromatic heterocycles. The molecule has 0 bridgehead atoms. The maximum atomic E-state index is 13.1. The Morgan fingerprint density at radius 1 is 0.423 bits per heavy atom. The van der Waals surface area contributed by atoms with Crippen LogP contribution in [0.5, 0.6) is 0 Å². The van der Waals surface area contributed by atoms with Crippen molar-refractivity contribution in [2.75, 3.05) is 46.2 Å². The SMILES string of the molecule is CC(COCC(COCC(COCC(CO)OC(=O)C1CCCCC1)OC(=O)C1CCCCC1)OC(=O)C1CCCCC1)OC(=O)C1CCCCC1. The Bertz CT molecular complexity index is 1040. The van der Waals surface area contributed by atoms with Crippen LogP contribution in [0.3, 0.4) is 0 Å². The van der Waals surface area contributed by atoms with E-state index in [9.17, 15) is 24.3 Å². The van der Waals surface area contributed by atoms with Crippen molar-refractivity contribution >= 4 is 23.9 Å². The second kappa shape index (κ2) is 24.2. The molecule has 0 aromatic carbocycles. The molecule has 4 aliphatic carbocycles. The highest BCUT2D eigenvalue weighted by molar-refractivity contribution is 5.74. The molecule has 0 heterocycles. The van der Waals surface area contributed by atoms with E-state index in [0.29, 0.717) is 0 Å². The van der Waals surface area contributed by atoms with Crippen LogP contribution in [0.1, 0.15) is 135 Å². The van der Waals surface area contributed by atoms with E-state index in [1.165, 1.54) is 0 Å². The maximum absolute atomic E-state index is 13.1. The quantitative estimate of drug-likeness (QED) is 0.108. The van der Waals surface area contributed by atoms with Crippen LogP contribution < -0.4 is 0 Å². The number of aliphatic hydroxyl groups excluding tert-OH is 1. The van der Waals surface area contributed by atoms with E-state index in [1.54, 1.807) is 6.92 Å². The van der Waals surface area contributed by atoms with Gasteiger partial charge in [-0.25, -0.2) is 0 Å². The summed E-state index contributed by atoms with van der Waals surface area (Å²) in [6.07, 6.45) is 16.2. The molecule has 4 aliphatic rings. The largest absolute Gasteiger partial charge is 0.460 e. The van der Waals surface area contributed by atoms with E-state index in [0.717, 1.165) is 128 Å². The molecule has 4 rings (SSSR count). The summed E-state index contributed by atoms with van der Waals surface area (Å²) >= 11 is 0. The van der Waals surface area contributed by atoms with Gasteiger partial charge in [0.15, 0.2) is 0 Å². The first kappa shape index (κ1) is 42.5. The number of hydrogen-bond donors (Lipinski definition) is 1. The highest BCUT2D eigenvalue weighted by atomic mass is 16.6. The summed E-state index contributed by atoms with van der Waals surface area (Å²) in [7, 11) is 0. The Morgan fingerprint density at radius 2 is 0.692 bits per heavy atom. The van der Waals surface area contributed by atoms with E-state index >= 15 is 0 Å². The molecule has 0 saturated heterocycles. The summed E-state index contributed by atoms with van der Waals surface area (Å²) < 4.78 is 40.8. The molecule has 298 valence electrons. The van der Waals surface area contributed by atoms with E-state index in [2.05, 4.69) is 0 Å². The van der Waals surface area contributed by atoms with E-state index in [-0.39, 0.29) is 93.8 Å². The van der Waals surface area contributed by atoms with Crippen LogP contribution in [0.15, 0.2) is 0 Å². The molecule has 0 spiro atoms. The summed E-state index contributed by atoms with van der Waals surface area (Å²) in [6.45, 7) is 1.54. The van der Waals surface area contributed by atoms with Gasteiger partial charge in [-0.3, -0.25) is 19.2 Å². The van der Waals surface area contributed by atoms with E-state index < -0.39 is 24.4 Å². The third-order valence-corrected chi connectivity index (χ3v) is 11.0. The number of rotatable bonds is 21. The Hall–Kier alpha value is -2.28. The highest BCUT2D eigenvalue weighted by Crippen LogP contribution is 2.28. The molecule has 4 fully saturated rings. The molecule has 0 amide bonds. The lowest BCUT2D eigenvalue weighted by Gasteiger charge is -2.27. The first-order chi connectivity index (χ1) is 25.3. The van der Waals surface area contributed by atoms with Gasteiger partial charge in [-0.15, -0.1) is 0 Å². The number of aliphatic hydroxyl groups is 1. The minimum Gasteiger partial charge on any atom is -0.460 e. The second-order valence-corrected chi connectivity index (χ2v) is 15.6. The predicted octanol–water partition coefficient (Wildman–Crippen LogP) is 6.02. The highest BCUT2D eigenvalue weighted by Gasteiger charge is 2.30. The van der Waals surface area contributed by atoms with Crippen LogP contribution in [-0.2, 0) is 52.3 Å². The van der Waals surface area contributed by atoms with Gasteiger partial charge in [-0.1, -0.05) is 77.0 Å². The molecule has 0 aliphatic heterocycles. The standard InChI is InChI=1S/C40H66O12/c1-29(49-37(42)30-14-6-2-7-15-30)23-46-25-35(51-39(44)32-18-10-4-11-19-32)27-48-28-36(52-40(45)33-20-12-5-13-21-33)26-47-24-34(22-41)50-38(43)31-16-8-3-9-17-31/h29-36,41H,2-28H2,1H3. The van der Waals surface area contributed by atoms with E-state index in [1.807, 2.05) is 0 Å². The van der Waals surface area contributed by atoms with Gasteiger partial charge in [-0.05, 0) is 58.3 Å². The fraction of sp³-hybridized carbons (Fsp3) is 0.900. The monoisotopic (exact) mass is 738 g/mol. The summed E-state index contributed by atoms with van der Waals surface area (Å²) in [5.74, 6) is -1.58. The van der Waals surface area contributed by atoms with Crippen molar-refractivity contribution in [3.63, 3.8) is 0 Å². The van der Waals surface area contributed by atoms with Gasteiger partial charge < -0.3 is 38.3 Å². The lowest BCUT2D eigenvalue weighted by atomic mass is 9.89. The van der Waals surface area contributed by atoms with Crippen molar-refractivity contribution < 1.29 is 57.4 Å². The first-order valence-electron chi connectivity index (χ1n) is 20.5. The van der Waals surface area contributed by atoms with Gasteiger partial charge in [0.2, 0.25) is 0 Å². The predicted molar refractivity (Wildman–Crippen MR) is 191 cm³/mol. The van der Waals surface area contributed by atoms with Crippen LogP contribution in [0.2, 0.25) is 0 Å². The summed E-state index contributed by atoms with van der Waals surface area (Å²) in [6, 6.07) is 0. The molecule has 12 heteroatoms. The molecule has 4 atom stereocenters. The normalized spacial score (nSPS) is 22.1. The average molecular weight is 739 g/mol. The minimum atomic E-state index is -0.824. The topological polar surface area (TPSA) is 153 Å². The van der Waals surface area contributed by atoms with Gasteiger partial charge in [0.05, 0.1) is 69.9 Å². The van der Waals surface area contributed by atoms with Crippen LogP contribution in [-0.4, -0.2) is 99.6 Å². The average Bonchev–Trinajstić information content (AvgIpc) is 3.18. The molecule has 4 unspecified atom stereocenters. The zero-order chi connectivity index (χ0) is 37.0. The maximum Gasteiger partial charge on any atom is 0.309 e. The van der Waals surface area contributed by atoms with Gasteiger partial charge in [0.1, 0.15) is 24.4 Å². The van der Waals surface area contributed by atoms with Crippen molar-refractivity contribution in [3.05, 3.63) is 0 Å². The van der Waals surface area contributed by atoms with Crippen molar-refractivity contribution in [3.8, 4) is 0 Å². The van der Waals surface area contributed by atoms with Crippen molar-refractivity contribution in [2.24, 2.45) is 23.7 Å². The fourth-order valence-corrected chi connectivity index (χ4v) is 7.85. The number of esters is 4. The molecular weight excluding hydrogens is 672 g/mol. The molecule has 0 radical (unpaired) electrons. The molecular formula is C40H66O12. The Kier molecular flexibility index (Phi) is 19.8. The van der Waals surface area contributed by atoms with Crippen LogP contribution in [0.25, 0.3) is 0 Å². The van der Waals surface area contributed by atoms with Gasteiger partial charge in [-0.2, -0.15) is 0 Å². The smallest absolute Gasteiger partial charge is 0.309 e. The Balaban J connectivity index is 1.29. The van der Waals surface area contributed by atoms with Crippen molar-refractivity contribution in [1.29, 1.82) is 0 Å². The summed E-state index contributed by atoms with van der Waals surface area (Å²) in [4.78, 5) is 51.5. The van der Waals surface area contributed by atoms with Crippen molar-refractivity contribution in [1.82, 2.24) is 0 Å². The summed E-state index contributed by atoms with van der Waals surface area (Å²) in [5.41, 5.74) is 0. The number of carbonyl (C=O) groups excluding carboxylic acids is 4. The molecule has 1 N–H and O–H groups in total. The number of hydrogen-bond acceptors (Lipinski definition) is 12. The van der Waals surface area contributed by atoms with Crippen LogP contribution in [0, 0.1) is 23.7 Å². The zero-order valence-corrected chi connectivity index (χ0v) is 31.6. The number of ether oxygens (including phenoxy) is 7. The minimum absolute atomic E-state index is 0.00441. The lowest BCUT2D eigenvalue weighted by Crippen LogP contribution is -2.37. The van der Waals surface area contributed by atoms with Gasteiger partial charge >= 0.3 is 23.9 Å². The summed E-state index contributed by atoms with van der Waals surface area (Å²) in [5, 5.41) is 9.89. The number of carbonyl (C=O) groups is 4. The van der Waals surface area contributed by atoms with E-state index in [4.69, 9.17) is 33.2 Å². The Labute approximate surface area is 310 Å². The lowest BCUT2D eigenvalue weighted by molar-refractivity contribution is -0.170. The Morgan fingerprint density at radius 3 is 1.02 bits per heavy atom. The molecule has 0 aromatic rings. The second-order valence-electron chi connectivity index (χ2n) is 15.6. The van der Waals surface area contributed by atoms with Gasteiger partial charge in [0, 0.05) is 0 Å². The van der Waals surface area contributed by atoms with Crippen LogP contribution in [0.4, 0.5) is 0 Å². The van der Waals surface area contributed by atoms with Crippen LogP contribution >= 0.6 is 0 Å².